The Bertz CT molecular complexity index is 1590. The summed E-state index contributed by atoms with van der Waals surface area (Å²) in [6, 6.07) is 5.31. The summed E-state index contributed by atoms with van der Waals surface area (Å²) in [5.41, 5.74) is 1.76. The van der Waals surface area contributed by atoms with Crippen molar-refractivity contribution in [2.45, 2.75) is 57.5 Å². The molecule has 3 aliphatic rings. The maximum absolute atomic E-state index is 15.0. The number of likely N-dealkylation sites (tertiary alicyclic amines) is 1. The number of aromatic nitrogens is 5. The highest BCUT2D eigenvalue weighted by atomic mass is 19.3. The Morgan fingerprint density at radius 2 is 1.79 bits per heavy atom. The number of nitrogens with one attached hydrogen (secondary N) is 2. The second-order valence-corrected chi connectivity index (χ2v) is 11.8. The molecule has 2 saturated heterocycles. The van der Waals surface area contributed by atoms with E-state index in [4.69, 9.17) is 0 Å². The van der Waals surface area contributed by atoms with Crippen LogP contribution in [0.15, 0.2) is 36.7 Å². The Hall–Kier alpha value is -3.64. The summed E-state index contributed by atoms with van der Waals surface area (Å²) >= 11 is 0. The summed E-state index contributed by atoms with van der Waals surface area (Å²) in [5, 5.41) is 6.46. The first kappa shape index (κ1) is 27.2. The third-order valence-electron chi connectivity index (χ3n) is 9.18. The first-order valence-electron chi connectivity index (χ1n) is 14.5. The SMILES string of the molecule is Fc1cnc(Nc2ccc(CN3CCC4(CCNCC4)CC3)cn2)nc1-c1cc(F)c2nc3n(c2c1)C(C(F)F)CC3. The highest BCUT2D eigenvalue weighted by molar-refractivity contribution is 5.83. The molecule has 42 heavy (non-hydrogen) atoms. The summed E-state index contributed by atoms with van der Waals surface area (Å²) < 4.78 is 58.6. The van der Waals surface area contributed by atoms with E-state index in [9.17, 15) is 13.2 Å². The van der Waals surface area contributed by atoms with Crippen molar-refractivity contribution >= 4 is 22.8 Å². The molecule has 1 atom stereocenters. The maximum Gasteiger partial charge on any atom is 0.259 e. The number of halogens is 4. The van der Waals surface area contributed by atoms with E-state index >= 15 is 4.39 Å². The van der Waals surface area contributed by atoms with E-state index < -0.39 is 24.1 Å². The molecule has 0 aliphatic carbocycles. The molecule has 6 heterocycles. The number of alkyl halides is 2. The van der Waals surface area contributed by atoms with Gasteiger partial charge in [0.15, 0.2) is 11.6 Å². The largest absolute Gasteiger partial charge is 0.319 e. The van der Waals surface area contributed by atoms with Crippen LogP contribution in [0.2, 0.25) is 0 Å². The predicted molar refractivity (Wildman–Crippen MR) is 151 cm³/mol. The van der Waals surface area contributed by atoms with Crippen LogP contribution in [0.25, 0.3) is 22.3 Å². The average Bonchev–Trinajstić information content (AvgIpc) is 3.57. The van der Waals surface area contributed by atoms with Gasteiger partial charge < -0.3 is 15.2 Å². The smallest absolute Gasteiger partial charge is 0.259 e. The quantitative estimate of drug-likeness (QED) is 0.286. The third kappa shape index (κ3) is 5.11. The lowest BCUT2D eigenvalue weighted by Gasteiger charge is -2.44. The Labute approximate surface area is 240 Å². The molecule has 2 fully saturated rings. The van der Waals surface area contributed by atoms with Gasteiger partial charge in [-0.15, -0.1) is 0 Å². The molecular weight excluding hydrogens is 548 g/mol. The van der Waals surface area contributed by atoms with Gasteiger partial charge in [-0.25, -0.2) is 37.5 Å². The van der Waals surface area contributed by atoms with Gasteiger partial charge in [0.1, 0.15) is 22.9 Å². The molecule has 8 nitrogen and oxygen atoms in total. The van der Waals surface area contributed by atoms with Gasteiger partial charge in [0, 0.05) is 24.7 Å². The zero-order valence-electron chi connectivity index (χ0n) is 23.1. The maximum atomic E-state index is 15.0. The predicted octanol–water partition coefficient (Wildman–Crippen LogP) is 5.63. The number of piperidine rings is 2. The van der Waals surface area contributed by atoms with E-state index in [1.54, 1.807) is 0 Å². The van der Waals surface area contributed by atoms with Crippen LogP contribution in [0.5, 0.6) is 0 Å². The van der Waals surface area contributed by atoms with Crippen molar-refractivity contribution in [1.29, 1.82) is 0 Å². The first-order valence-corrected chi connectivity index (χ1v) is 14.5. The van der Waals surface area contributed by atoms with E-state index in [-0.39, 0.29) is 34.7 Å². The second-order valence-electron chi connectivity index (χ2n) is 11.8. The molecule has 3 aliphatic heterocycles. The lowest BCUT2D eigenvalue weighted by Crippen LogP contribution is -2.45. The van der Waals surface area contributed by atoms with Gasteiger partial charge in [0.05, 0.1) is 17.8 Å². The van der Waals surface area contributed by atoms with Gasteiger partial charge in [0.25, 0.3) is 6.43 Å². The number of rotatable bonds is 6. The van der Waals surface area contributed by atoms with E-state index in [1.165, 1.54) is 36.3 Å². The van der Waals surface area contributed by atoms with Gasteiger partial charge in [-0.05, 0) is 87.5 Å². The van der Waals surface area contributed by atoms with Crippen molar-refractivity contribution in [1.82, 2.24) is 34.7 Å². The van der Waals surface area contributed by atoms with E-state index in [1.807, 2.05) is 18.3 Å². The fourth-order valence-electron chi connectivity index (χ4n) is 6.77. The van der Waals surface area contributed by atoms with Gasteiger partial charge in [0.2, 0.25) is 5.95 Å². The van der Waals surface area contributed by atoms with E-state index in [0.29, 0.717) is 23.5 Å². The van der Waals surface area contributed by atoms with Crippen molar-refractivity contribution in [3.05, 3.63) is 59.7 Å². The molecule has 0 bridgehead atoms. The molecule has 0 saturated carbocycles. The molecule has 3 aromatic heterocycles. The number of pyridine rings is 1. The minimum atomic E-state index is -2.62. The lowest BCUT2D eigenvalue weighted by molar-refractivity contribution is 0.0701. The molecule has 220 valence electrons. The molecule has 1 spiro atoms. The lowest BCUT2D eigenvalue weighted by atomic mass is 9.71. The third-order valence-corrected chi connectivity index (χ3v) is 9.18. The van der Waals surface area contributed by atoms with Gasteiger partial charge in [-0.3, -0.25) is 4.90 Å². The minimum absolute atomic E-state index is 0.00783. The molecular formula is C30H32F4N8. The Morgan fingerprint density at radius 3 is 2.52 bits per heavy atom. The number of aryl methyl sites for hydroxylation is 1. The molecule has 1 aromatic carbocycles. The first-order chi connectivity index (χ1) is 20.4. The molecule has 0 radical (unpaired) electrons. The Morgan fingerprint density at radius 1 is 0.976 bits per heavy atom. The molecule has 0 amide bonds. The molecule has 7 rings (SSSR count). The fourth-order valence-corrected chi connectivity index (χ4v) is 6.77. The van der Waals surface area contributed by atoms with Crippen molar-refractivity contribution in [2.24, 2.45) is 5.41 Å². The Kier molecular flexibility index (Phi) is 7.05. The second kappa shape index (κ2) is 10.9. The van der Waals surface area contributed by atoms with E-state index in [0.717, 1.165) is 50.6 Å². The standard InChI is InChI=1S/C30H32F4N8/c31-20-13-19(14-23-27(20)39-25-4-2-22(28(33)34)42(23)25)26-21(32)16-37-29(40-26)38-24-3-1-18(15-36-24)17-41-11-7-30(8-12-41)5-9-35-10-6-30/h1,3,13-16,22,28,35H,2,4-12,17H2,(H,36,37,38,40). The number of benzene rings is 1. The Balaban J connectivity index is 1.06. The van der Waals surface area contributed by atoms with Crippen molar-refractivity contribution in [3.8, 4) is 11.3 Å². The molecule has 2 N–H and O–H groups in total. The number of anilines is 2. The van der Waals surface area contributed by atoms with Gasteiger partial charge in [-0.2, -0.15) is 0 Å². The molecule has 12 heteroatoms. The average molecular weight is 581 g/mol. The normalized spacial score (nSPS) is 20.5. The van der Waals surface area contributed by atoms with Crippen LogP contribution in [0.3, 0.4) is 0 Å². The topological polar surface area (TPSA) is 83.8 Å². The van der Waals surface area contributed by atoms with Crippen molar-refractivity contribution < 1.29 is 17.6 Å². The number of fused-ring (bicyclic) bond motifs is 3. The van der Waals surface area contributed by atoms with Crippen LogP contribution < -0.4 is 10.6 Å². The van der Waals surface area contributed by atoms with Gasteiger partial charge in [-0.1, -0.05) is 6.07 Å². The van der Waals surface area contributed by atoms with E-state index in [2.05, 4.69) is 35.5 Å². The molecule has 4 aromatic rings. The number of hydrogen-bond donors (Lipinski definition) is 2. The van der Waals surface area contributed by atoms with Gasteiger partial charge >= 0.3 is 0 Å². The van der Waals surface area contributed by atoms with Crippen LogP contribution in [0.1, 0.15) is 49.5 Å². The summed E-state index contributed by atoms with van der Waals surface area (Å²) in [6.07, 6.45) is 5.75. The highest BCUT2D eigenvalue weighted by Crippen LogP contribution is 2.40. The van der Waals surface area contributed by atoms with Crippen LogP contribution >= 0.6 is 0 Å². The fraction of sp³-hybridized carbons (Fsp3) is 0.467. The highest BCUT2D eigenvalue weighted by Gasteiger charge is 2.36. The zero-order chi connectivity index (χ0) is 28.8. The zero-order valence-corrected chi connectivity index (χ0v) is 23.1. The summed E-state index contributed by atoms with van der Waals surface area (Å²) in [5.74, 6) is -0.515. The summed E-state index contributed by atoms with van der Waals surface area (Å²) in [4.78, 5) is 19.5. The summed E-state index contributed by atoms with van der Waals surface area (Å²) in [7, 11) is 0. The van der Waals surface area contributed by atoms with Crippen LogP contribution in [0, 0.1) is 17.0 Å². The van der Waals surface area contributed by atoms with Crippen LogP contribution in [0.4, 0.5) is 29.3 Å². The molecule has 1 unspecified atom stereocenters. The number of imidazole rings is 1. The van der Waals surface area contributed by atoms with Crippen molar-refractivity contribution in [3.63, 3.8) is 0 Å². The number of hydrogen-bond acceptors (Lipinski definition) is 7. The minimum Gasteiger partial charge on any atom is -0.319 e. The summed E-state index contributed by atoms with van der Waals surface area (Å²) in [6.45, 7) is 5.25. The van der Waals surface area contributed by atoms with Crippen LogP contribution in [-0.4, -0.2) is 62.0 Å². The van der Waals surface area contributed by atoms with Crippen molar-refractivity contribution in [2.75, 3.05) is 31.5 Å². The van der Waals surface area contributed by atoms with Crippen LogP contribution in [-0.2, 0) is 13.0 Å². The monoisotopic (exact) mass is 580 g/mol. The number of nitrogens with zero attached hydrogens (tertiary/aromatic N) is 6.